The van der Waals surface area contributed by atoms with Crippen LogP contribution in [0.5, 0.6) is 0 Å². The van der Waals surface area contributed by atoms with Gasteiger partial charge >= 0.3 is 0 Å². The van der Waals surface area contributed by atoms with Gasteiger partial charge in [-0.25, -0.2) is 9.37 Å². The van der Waals surface area contributed by atoms with Crippen molar-refractivity contribution in [3.05, 3.63) is 59.9 Å². The minimum Gasteiger partial charge on any atom is -0.384 e. The number of halogens is 1. The van der Waals surface area contributed by atoms with Gasteiger partial charge < -0.3 is 5.32 Å². The lowest BCUT2D eigenvalue weighted by Crippen LogP contribution is -2.03. The van der Waals surface area contributed by atoms with E-state index in [1.807, 2.05) is 30.3 Å². The Kier molecular flexibility index (Phi) is 3.57. The molecule has 3 rings (SSSR count). The summed E-state index contributed by atoms with van der Waals surface area (Å²) >= 11 is 0. The van der Waals surface area contributed by atoms with Crippen molar-refractivity contribution in [2.24, 2.45) is 0 Å². The number of pyridine rings is 1. The molecule has 0 aliphatic carbocycles. The second-order valence-electron chi connectivity index (χ2n) is 5.02. The van der Waals surface area contributed by atoms with E-state index in [-0.39, 0.29) is 5.82 Å². The molecular weight excluding hydrogens is 263 g/mol. The Morgan fingerprint density at radius 2 is 1.86 bits per heavy atom. The molecule has 0 saturated carbocycles. The van der Waals surface area contributed by atoms with Crippen LogP contribution < -0.4 is 5.32 Å². The zero-order chi connectivity index (χ0) is 14.8. The van der Waals surface area contributed by atoms with Gasteiger partial charge in [0.1, 0.15) is 5.82 Å². The highest BCUT2D eigenvalue weighted by Gasteiger charge is 2.13. The third kappa shape index (κ3) is 2.47. The Bertz CT molecular complexity index is 782. The Morgan fingerprint density at radius 1 is 1.10 bits per heavy atom. The van der Waals surface area contributed by atoms with Gasteiger partial charge in [0.2, 0.25) is 0 Å². The van der Waals surface area contributed by atoms with E-state index in [0.717, 1.165) is 34.4 Å². The zero-order valence-electron chi connectivity index (χ0n) is 12.2. The second kappa shape index (κ2) is 5.52. The SMILES string of the molecule is CCNc1c(C)c(-c2ccccc2)nc2cc(F)ccc12. The highest BCUT2D eigenvalue weighted by Crippen LogP contribution is 2.33. The van der Waals surface area contributed by atoms with Crippen molar-refractivity contribution in [1.29, 1.82) is 0 Å². The van der Waals surface area contributed by atoms with Gasteiger partial charge in [-0.15, -0.1) is 0 Å². The van der Waals surface area contributed by atoms with E-state index in [1.165, 1.54) is 12.1 Å². The highest BCUT2D eigenvalue weighted by molar-refractivity contribution is 5.96. The molecule has 1 N–H and O–H groups in total. The Labute approximate surface area is 123 Å². The number of hydrogen-bond acceptors (Lipinski definition) is 2. The second-order valence-corrected chi connectivity index (χ2v) is 5.02. The van der Waals surface area contributed by atoms with Gasteiger partial charge in [0, 0.05) is 29.2 Å². The first-order valence-electron chi connectivity index (χ1n) is 7.10. The number of benzene rings is 2. The molecule has 0 aliphatic heterocycles. The maximum absolute atomic E-state index is 13.5. The summed E-state index contributed by atoms with van der Waals surface area (Å²) in [6.45, 7) is 4.92. The summed E-state index contributed by atoms with van der Waals surface area (Å²) in [6.07, 6.45) is 0. The molecule has 0 saturated heterocycles. The Morgan fingerprint density at radius 3 is 2.57 bits per heavy atom. The van der Waals surface area contributed by atoms with Crippen LogP contribution in [0.1, 0.15) is 12.5 Å². The van der Waals surface area contributed by atoms with E-state index >= 15 is 0 Å². The minimum absolute atomic E-state index is 0.264. The van der Waals surface area contributed by atoms with Gasteiger partial charge in [0.15, 0.2) is 0 Å². The van der Waals surface area contributed by atoms with Gasteiger partial charge in [-0.2, -0.15) is 0 Å². The number of nitrogens with zero attached hydrogens (tertiary/aromatic N) is 1. The average molecular weight is 280 g/mol. The third-order valence-electron chi connectivity index (χ3n) is 3.59. The van der Waals surface area contributed by atoms with Crippen LogP contribution in [-0.4, -0.2) is 11.5 Å². The van der Waals surface area contributed by atoms with Crippen molar-refractivity contribution in [3.8, 4) is 11.3 Å². The first kappa shape index (κ1) is 13.6. The van der Waals surface area contributed by atoms with Crippen molar-refractivity contribution in [2.75, 3.05) is 11.9 Å². The first-order valence-corrected chi connectivity index (χ1v) is 7.10. The van der Waals surface area contributed by atoms with Crippen LogP contribution in [0.15, 0.2) is 48.5 Å². The fourth-order valence-corrected chi connectivity index (χ4v) is 2.62. The quantitative estimate of drug-likeness (QED) is 0.746. The summed E-state index contributed by atoms with van der Waals surface area (Å²) in [4.78, 5) is 4.67. The topological polar surface area (TPSA) is 24.9 Å². The van der Waals surface area contributed by atoms with E-state index in [9.17, 15) is 4.39 Å². The summed E-state index contributed by atoms with van der Waals surface area (Å²) in [7, 11) is 0. The monoisotopic (exact) mass is 280 g/mol. The Balaban J connectivity index is 2.33. The molecule has 1 heterocycles. The van der Waals surface area contributed by atoms with E-state index < -0.39 is 0 Å². The van der Waals surface area contributed by atoms with Gasteiger partial charge in [-0.1, -0.05) is 30.3 Å². The molecule has 0 aliphatic rings. The molecular formula is C18H17FN2. The van der Waals surface area contributed by atoms with E-state index in [4.69, 9.17) is 0 Å². The number of anilines is 1. The maximum atomic E-state index is 13.5. The van der Waals surface area contributed by atoms with Gasteiger partial charge in [-0.3, -0.25) is 0 Å². The average Bonchev–Trinajstić information content (AvgIpc) is 2.51. The standard InChI is InChI=1S/C18H17FN2/c1-3-20-18-12(2)17(13-7-5-4-6-8-13)21-16-11-14(19)9-10-15(16)18/h4-11H,3H2,1-2H3,(H,20,21). The number of fused-ring (bicyclic) bond motifs is 1. The van der Waals surface area contributed by atoms with Crippen LogP contribution >= 0.6 is 0 Å². The molecule has 3 aromatic rings. The van der Waals surface area contributed by atoms with Crippen molar-refractivity contribution < 1.29 is 4.39 Å². The van der Waals surface area contributed by atoms with Crippen molar-refractivity contribution in [1.82, 2.24) is 4.98 Å². The summed E-state index contributed by atoms with van der Waals surface area (Å²) in [6, 6.07) is 14.8. The highest BCUT2D eigenvalue weighted by atomic mass is 19.1. The van der Waals surface area contributed by atoms with E-state index in [0.29, 0.717) is 5.52 Å². The van der Waals surface area contributed by atoms with Crippen molar-refractivity contribution in [3.63, 3.8) is 0 Å². The molecule has 0 atom stereocenters. The van der Waals surface area contributed by atoms with Crippen LogP contribution in [0.4, 0.5) is 10.1 Å². The molecule has 1 aromatic heterocycles. The zero-order valence-corrected chi connectivity index (χ0v) is 12.2. The molecule has 106 valence electrons. The van der Waals surface area contributed by atoms with Crippen LogP contribution in [0, 0.1) is 12.7 Å². The van der Waals surface area contributed by atoms with Crippen LogP contribution in [0.2, 0.25) is 0 Å². The molecule has 21 heavy (non-hydrogen) atoms. The molecule has 2 aromatic carbocycles. The van der Waals surface area contributed by atoms with Gasteiger partial charge in [0.25, 0.3) is 0 Å². The minimum atomic E-state index is -0.264. The van der Waals surface area contributed by atoms with E-state index in [1.54, 1.807) is 6.07 Å². The summed E-state index contributed by atoms with van der Waals surface area (Å²) in [5.74, 6) is -0.264. The van der Waals surface area contributed by atoms with Crippen LogP contribution in [0.25, 0.3) is 22.2 Å². The maximum Gasteiger partial charge on any atom is 0.125 e. The number of aromatic nitrogens is 1. The predicted octanol–water partition coefficient (Wildman–Crippen LogP) is 4.78. The fraction of sp³-hybridized carbons (Fsp3) is 0.167. The molecule has 0 fully saturated rings. The van der Waals surface area contributed by atoms with Gasteiger partial charge in [-0.05, 0) is 31.5 Å². The molecule has 0 radical (unpaired) electrons. The third-order valence-corrected chi connectivity index (χ3v) is 3.59. The summed E-state index contributed by atoms with van der Waals surface area (Å²) in [5.41, 5.74) is 4.73. The van der Waals surface area contributed by atoms with E-state index in [2.05, 4.69) is 24.1 Å². The number of nitrogens with one attached hydrogen (secondary N) is 1. The van der Waals surface area contributed by atoms with Crippen molar-refractivity contribution in [2.45, 2.75) is 13.8 Å². The van der Waals surface area contributed by atoms with Gasteiger partial charge in [0.05, 0.1) is 11.2 Å². The molecule has 3 heteroatoms. The lowest BCUT2D eigenvalue weighted by atomic mass is 10.0. The molecule has 0 bridgehead atoms. The molecule has 0 spiro atoms. The fourth-order valence-electron chi connectivity index (χ4n) is 2.62. The number of rotatable bonds is 3. The predicted molar refractivity (Wildman–Crippen MR) is 86.0 cm³/mol. The molecule has 2 nitrogen and oxygen atoms in total. The first-order chi connectivity index (χ1) is 10.2. The molecule has 0 unspecified atom stereocenters. The van der Waals surface area contributed by atoms with Crippen molar-refractivity contribution >= 4 is 16.6 Å². The van der Waals surface area contributed by atoms with Crippen LogP contribution in [0.3, 0.4) is 0 Å². The summed E-state index contributed by atoms with van der Waals surface area (Å²) < 4.78 is 13.5. The molecule has 0 amide bonds. The lowest BCUT2D eigenvalue weighted by molar-refractivity contribution is 0.629. The number of hydrogen-bond donors (Lipinski definition) is 1. The normalized spacial score (nSPS) is 10.8. The lowest BCUT2D eigenvalue weighted by Gasteiger charge is -2.15. The van der Waals surface area contributed by atoms with Crippen LogP contribution in [-0.2, 0) is 0 Å². The largest absolute Gasteiger partial charge is 0.384 e. The Hall–Kier alpha value is -2.42. The summed E-state index contributed by atoms with van der Waals surface area (Å²) in [5, 5.41) is 4.34. The smallest absolute Gasteiger partial charge is 0.125 e.